The molecule has 0 aliphatic heterocycles. The van der Waals surface area contributed by atoms with Crippen LogP contribution in [-0.2, 0) is 0 Å². The Morgan fingerprint density at radius 3 is 1.92 bits per heavy atom. The van der Waals surface area contributed by atoms with Crippen molar-refractivity contribution < 1.29 is 0 Å². The second-order valence-electron chi connectivity index (χ2n) is 7.50. The Labute approximate surface area is 226 Å². The van der Waals surface area contributed by atoms with E-state index in [2.05, 4.69) is 39.9 Å². The molecule has 0 aromatic carbocycles. The van der Waals surface area contributed by atoms with Crippen LogP contribution in [0.4, 0.5) is 0 Å². The summed E-state index contributed by atoms with van der Waals surface area (Å²) in [6.45, 7) is 0. The van der Waals surface area contributed by atoms with Gasteiger partial charge in [-0.2, -0.15) is 0 Å². The number of thioether (sulfide) groups is 2. The third-order valence-corrected chi connectivity index (χ3v) is 6.58. The normalized spacial score (nSPS) is 10.8. The van der Waals surface area contributed by atoms with Crippen LogP contribution in [0.2, 0.25) is 5.15 Å². The highest BCUT2D eigenvalue weighted by Gasteiger charge is 2.09. The first-order chi connectivity index (χ1) is 18.1. The molecule has 0 bridgehead atoms. The van der Waals surface area contributed by atoms with Crippen LogP contribution in [0, 0.1) is 0 Å². The molecule has 0 atom stereocenters. The van der Waals surface area contributed by atoms with Crippen molar-refractivity contribution in [2.45, 2.75) is 10.3 Å². The number of hydrogen-bond acceptors (Lipinski definition) is 10. The van der Waals surface area contributed by atoms with Gasteiger partial charge in [0, 0.05) is 35.6 Å². The average Bonchev–Trinajstić information content (AvgIpc) is 2.97. The van der Waals surface area contributed by atoms with Gasteiger partial charge in [-0.3, -0.25) is 15.0 Å². The summed E-state index contributed by atoms with van der Waals surface area (Å²) in [7, 11) is 0. The van der Waals surface area contributed by atoms with E-state index < -0.39 is 0 Å². The fourth-order valence-corrected chi connectivity index (χ4v) is 4.42. The third kappa shape index (κ3) is 5.82. The smallest absolute Gasteiger partial charge is 0.187 e. The largest absolute Gasteiger partial charge is 0.255 e. The van der Waals surface area contributed by atoms with Gasteiger partial charge in [0.05, 0.1) is 34.5 Å². The van der Waals surface area contributed by atoms with Crippen molar-refractivity contribution in [1.29, 1.82) is 0 Å². The first-order valence-electron chi connectivity index (χ1n) is 11.0. The van der Waals surface area contributed by atoms with Crippen LogP contribution in [0.5, 0.6) is 0 Å². The number of rotatable bonds is 4. The number of nitrogens with zero attached hydrogens (tertiary/aromatic N) is 8. The second-order valence-corrected chi connectivity index (χ2v) is 9.40. The topological polar surface area (TPSA) is 103 Å². The summed E-state index contributed by atoms with van der Waals surface area (Å²) < 4.78 is 0. The molecule has 0 amide bonds. The zero-order chi connectivity index (χ0) is 25.6. The highest BCUT2D eigenvalue weighted by Crippen LogP contribution is 2.26. The van der Waals surface area contributed by atoms with Gasteiger partial charge < -0.3 is 0 Å². The van der Waals surface area contributed by atoms with Crippen LogP contribution in [0.3, 0.4) is 0 Å². The SMILES string of the molecule is CSc1nccc(-c2cc3cccnc3c(Cl)n2)n1.CSc1nccc(-c2cc3cccnc3cn2)n1. The zero-order valence-electron chi connectivity index (χ0n) is 19.8. The molecule has 0 saturated heterocycles. The van der Waals surface area contributed by atoms with Gasteiger partial charge in [-0.15, -0.1) is 0 Å². The van der Waals surface area contributed by atoms with E-state index in [-0.39, 0.29) is 0 Å². The maximum absolute atomic E-state index is 6.16. The summed E-state index contributed by atoms with van der Waals surface area (Å²) in [5.74, 6) is 0. The molecule has 0 radical (unpaired) electrons. The Morgan fingerprint density at radius 1 is 0.595 bits per heavy atom. The monoisotopic (exact) mass is 542 g/mol. The summed E-state index contributed by atoms with van der Waals surface area (Å²) >= 11 is 9.17. The molecule has 0 aliphatic carbocycles. The minimum atomic E-state index is 0.386. The average molecular weight is 543 g/mol. The lowest BCUT2D eigenvalue weighted by molar-refractivity contribution is 0.971. The zero-order valence-corrected chi connectivity index (χ0v) is 22.2. The summed E-state index contributed by atoms with van der Waals surface area (Å²) in [6, 6.07) is 15.4. The minimum absolute atomic E-state index is 0.386. The van der Waals surface area contributed by atoms with Gasteiger partial charge in [-0.05, 0) is 48.9 Å². The number of halogens is 1. The Balaban J connectivity index is 0.000000152. The first kappa shape index (κ1) is 24.9. The summed E-state index contributed by atoms with van der Waals surface area (Å²) in [5, 5.41) is 3.85. The van der Waals surface area contributed by atoms with Crippen LogP contribution >= 0.6 is 35.1 Å². The van der Waals surface area contributed by atoms with Crippen molar-refractivity contribution in [3.8, 4) is 22.8 Å². The van der Waals surface area contributed by atoms with Crippen LogP contribution in [0.1, 0.15) is 0 Å². The van der Waals surface area contributed by atoms with Gasteiger partial charge >= 0.3 is 0 Å². The molecule has 6 rings (SSSR count). The lowest BCUT2D eigenvalue weighted by Crippen LogP contribution is -1.93. The number of fused-ring (bicyclic) bond motifs is 2. The number of pyridine rings is 4. The van der Waals surface area contributed by atoms with E-state index in [0.717, 1.165) is 44.2 Å². The quantitative estimate of drug-likeness (QED) is 0.144. The van der Waals surface area contributed by atoms with E-state index in [0.29, 0.717) is 15.8 Å². The van der Waals surface area contributed by atoms with Crippen molar-refractivity contribution in [2.75, 3.05) is 12.5 Å². The standard InChI is InChI=1S/C13H9ClN4S.C13H10N4S/c1-19-13-16-6-4-9(18-13)10-7-8-3-2-5-15-11(8)12(14)17-10;1-18-13-15-6-4-10(17-13)11-7-9-3-2-5-14-12(9)8-16-11/h2-7H,1H3;2-8H,1H3. The lowest BCUT2D eigenvalue weighted by atomic mass is 10.2. The minimum Gasteiger partial charge on any atom is -0.255 e. The highest BCUT2D eigenvalue weighted by molar-refractivity contribution is 7.98. The molecular formula is C26H19ClN8S2. The van der Waals surface area contributed by atoms with Gasteiger partial charge in [-0.1, -0.05) is 47.3 Å². The second kappa shape index (κ2) is 11.5. The molecule has 0 aliphatic rings. The maximum Gasteiger partial charge on any atom is 0.187 e. The summed E-state index contributed by atoms with van der Waals surface area (Å²) in [5.41, 5.74) is 4.75. The van der Waals surface area contributed by atoms with E-state index in [4.69, 9.17) is 11.6 Å². The van der Waals surface area contributed by atoms with Crippen molar-refractivity contribution in [3.05, 3.63) is 84.7 Å². The van der Waals surface area contributed by atoms with E-state index in [1.54, 1.807) is 31.0 Å². The Bertz CT molecular complexity index is 1700. The fraction of sp³-hybridized carbons (Fsp3) is 0.0769. The molecule has 0 N–H and O–H groups in total. The van der Waals surface area contributed by atoms with E-state index >= 15 is 0 Å². The van der Waals surface area contributed by atoms with Crippen molar-refractivity contribution in [1.82, 2.24) is 39.9 Å². The third-order valence-electron chi connectivity index (χ3n) is 5.19. The lowest BCUT2D eigenvalue weighted by Gasteiger charge is -2.04. The predicted molar refractivity (Wildman–Crippen MR) is 150 cm³/mol. The Morgan fingerprint density at radius 2 is 1.22 bits per heavy atom. The molecule has 8 nitrogen and oxygen atoms in total. The molecule has 0 unspecified atom stereocenters. The van der Waals surface area contributed by atoms with Crippen molar-refractivity contribution in [2.24, 2.45) is 0 Å². The summed E-state index contributed by atoms with van der Waals surface area (Å²) in [6.07, 6.45) is 12.6. The van der Waals surface area contributed by atoms with E-state index in [1.165, 1.54) is 23.5 Å². The molecule has 6 aromatic heterocycles. The van der Waals surface area contributed by atoms with Crippen molar-refractivity contribution >= 4 is 56.9 Å². The van der Waals surface area contributed by atoms with Gasteiger partial charge in [0.1, 0.15) is 5.52 Å². The molecule has 0 saturated carbocycles. The number of aromatic nitrogens is 8. The molecule has 6 heterocycles. The molecule has 11 heteroatoms. The van der Waals surface area contributed by atoms with Crippen molar-refractivity contribution in [3.63, 3.8) is 0 Å². The molecular weight excluding hydrogens is 524 g/mol. The Kier molecular flexibility index (Phi) is 7.79. The molecule has 37 heavy (non-hydrogen) atoms. The van der Waals surface area contributed by atoms with Crippen LogP contribution in [-0.4, -0.2) is 52.4 Å². The fourth-order valence-electron chi connectivity index (χ4n) is 3.45. The van der Waals surface area contributed by atoms with Crippen LogP contribution < -0.4 is 0 Å². The van der Waals surface area contributed by atoms with E-state index in [9.17, 15) is 0 Å². The predicted octanol–water partition coefficient (Wildman–Crippen LogP) is 6.27. The maximum atomic E-state index is 6.16. The van der Waals surface area contributed by atoms with Gasteiger partial charge in [0.2, 0.25) is 0 Å². The van der Waals surface area contributed by atoms with Gasteiger partial charge in [-0.25, -0.2) is 24.9 Å². The molecule has 0 spiro atoms. The summed E-state index contributed by atoms with van der Waals surface area (Å²) in [4.78, 5) is 34.4. The van der Waals surface area contributed by atoms with E-state index in [1.807, 2.05) is 61.0 Å². The molecule has 182 valence electrons. The van der Waals surface area contributed by atoms with Crippen LogP contribution in [0.25, 0.3) is 44.6 Å². The molecule has 6 aromatic rings. The van der Waals surface area contributed by atoms with Crippen LogP contribution in [0.15, 0.2) is 89.8 Å². The van der Waals surface area contributed by atoms with Gasteiger partial charge in [0.15, 0.2) is 15.5 Å². The first-order valence-corrected chi connectivity index (χ1v) is 13.8. The van der Waals surface area contributed by atoms with Gasteiger partial charge in [0.25, 0.3) is 0 Å². The Hall–Kier alpha value is -3.73. The molecule has 0 fully saturated rings. The number of hydrogen-bond donors (Lipinski definition) is 0. The highest BCUT2D eigenvalue weighted by atomic mass is 35.5.